The second kappa shape index (κ2) is 6.26. The molecule has 3 rings (SSSR count). The molecule has 0 spiro atoms. The Balaban J connectivity index is 1.90. The van der Waals surface area contributed by atoms with Crippen LogP contribution in [0.2, 0.25) is 0 Å². The van der Waals surface area contributed by atoms with Gasteiger partial charge in [0.25, 0.3) is 5.91 Å². The van der Waals surface area contributed by atoms with Crippen LogP contribution in [0.4, 0.5) is 0 Å². The Kier molecular flexibility index (Phi) is 4.33. The van der Waals surface area contributed by atoms with Crippen molar-refractivity contribution in [3.8, 4) is 0 Å². The molecule has 1 amide bonds. The monoisotopic (exact) mass is 313 g/mol. The van der Waals surface area contributed by atoms with Crippen molar-refractivity contribution in [1.29, 1.82) is 0 Å². The fourth-order valence-corrected chi connectivity index (χ4v) is 3.02. The summed E-state index contributed by atoms with van der Waals surface area (Å²) in [5, 5.41) is 8.52. The number of ether oxygens (including phenoxy) is 1. The van der Waals surface area contributed by atoms with E-state index in [1.54, 1.807) is 0 Å². The van der Waals surface area contributed by atoms with Gasteiger partial charge < -0.3 is 15.4 Å². The molecule has 1 fully saturated rings. The molecule has 2 aromatic rings. The second-order valence-corrected chi connectivity index (χ2v) is 6.48. The average Bonchev–Trinajstić information content (AvgIpc) is 2.55. The number of rotatable bonds is 3. The zero-order valence-electron chi connectivity index (χ0n) is 13.8. The summed E-state index contributed by atoms with van der Waals surface area (Å²) in [6, 6.07) is 8.16. The summed E-state index contributed by atoms with van der Waals surface area (Å²) in [6.07, 6.45) is 1.42. The third-order valence-electron chi connectivity index (χ3n) is 4.32. The fraction of sp³-hybridized carbons (Fsp3) is 0.444. The number of carbonyl (C=O) groups excluding carboxylic acids is 1. The third-order valence-corrected chi connectivity index (χ3v) is 4.32. The molecule has 23 heavy (non-hydrogen) atoms. The Bertz CT molecular complexity index is 721. The molecular formula is C18H23N3O2. The number of fused-ring (bicyclic) bond motifs is 1. The molecule has 1 aliphatic rings. The number of nitrogens with zero attached hydrogens (tertiary/aromatic N) is 1. The van der Waals surface area contributed by atoms with Crippen LogP contribution in [0.5, 0.6) is 0 Å². The van der Waals surface area contributed by atoms with Gasteiger partial charge in [0, 0.05) is 35.9 Å². The zero-order chi connectivity index (χ0) is 16.4. The topological polar surface area (TPSA) is 63.2 Å². The van der Waals surface area contributed by atoms with Crippen molar-refractivity contribution in [2.24, 2.45) is 0 Å². The summed E-state index contributed by atoms with van der Waals surface area (Å²) in [4.78, 5) is 17.0. The lowest BCUT2D eigenvalue weighted by Crippen LogP contribution is -2.52. The smallest absolute Gasteiger partial charge is 0.251 e. The van der Waals surface area contributed by atoms with E-state index in [-0.39, 0.29) is 5.91 Å². The van der Waals surface area contributed by atoms with E-state index in [9.17, 15) is 4.79 Å². The lowest BCUT2D eigenvalue weighted by Gasteiger charge is -2.31. The fourth-order valence-electron chi connectivity index (χ4n) is 3.02. The van der Waals surface area contributed by atoms with Gasteiger partial charge in [-0.3, -0.25) is 9.78 Å². The number of nitrogens with one attached hydrogen (secondary N) is 2. The van der Waals surface area contributed by atoms with E-state index in [4.69, 9.17) is 4.74 Å². The van der Waals surface area contributed by atoms with E-state index >= 15 is 0 Å². The minimum atomic E-state index is -0.530. The number of pyridine rings is 1. The maximum atomic E-state index is 12.5. The van der Waals surface area contributed by atoms with Crippen LogP contribution in [0, 0.1) is 6.92 Å². The van der Waals surface area contributed by atoms with E-state index in [0.29, 0.717) is 13.2 Å². The van der Waals surface area contributed by atoms with E-state index in [0.717, 1.165) is 28.6 Å². The van der Waals surface area contributed by atoms with E-state index in [1.165, 1.54) is 0 Å². The largest absolute Gasteiger partial charge is 0.366 e. The zero-order valence-corrected chi connectivity index (χ0v) is 13.8. The first-order chi connectivity index (χ1) is 11.0. The van der Waals surface area contributed by atoms with Gasteiger partial charge in [0.15, 0.2) is 0 Å². The first-order valence-electron chi connectivity index (χ1n) is 7.98. The van der Waals surface area contributed by atoms with Gasteiger partial charge in [-0.25, -0.2) is 0 Å². The average molecular weight is 313 g/mol. The second-order valence-electron chi connectivity index (χ2n) is 6.48. The first-order valence-corrected chi connectivity index (χ1v) is 7.98. The Labute approximate surface area is 136 Å². The molecular weight excluding hydrogens is 290 g/mol. The van der Waals surface area contributed by atoms with E-state index in [2.05, 4.69) is 27.8 Å². The summed E-state index contributed by atoms with van der Waals surface area (Å²) >= 11 is 0. The summed E-state index contributed by atoms with van der Waals surface area (Å²) in [5.74, 6) is -0.0909. The number of hydrogen-bond acceptors (Lipinski definition) is 4. The van der Waals surface area contributed by atoms with Crippen molar-refractivity contribution in [3.63, 3.8) is 0 Å². The summed E-state index contributed by atoms with van der Waals surface area (Å²) in [6.45, 7) is 7.90. The summed E-state index contributed by atoms with van der Waals surface area (Å²) in [7, 11) is 0. The lowest BCUT2D eigenvalue weighted by molar-refractivity contribution is -0.136. The Hall–Kier alpha value is -1.98. The predicted octanol–water partition coefficient (Wildman–Crippen LogP) is 1.88. The Morgan fingerprint density at radius 2 is 2.09 bits per heavy atom. The van der Waals surface area contributed by atoms with E-state index in [1.807, 2.05) is 39.1 Å². The number of carbonyl (C=O) groups is 1. The van der Waals surface area contributed by atoms with Crippen LogP contribution in [0.15, 0.2) is 30.5 Å². The molecule has 1 aromatic heterocycles. The van der Waals surface area contributed by atoms with Gasteiger partial charge in [-0.1, -0.05) is 24.3 Å². The molecule has 5 nitrogen and oxygen atoms in total. The van der Waals surface area contributed by atoms with Crippen LogP contribution < -0.4 is 10.6 Å². The molecule has 1 saturated heterocycles. The number of morpholine rings is 1. The van der Waals surface area contributed by atoms with Crippen molar-refractivity contribution in [2.75, 3.05) is 19.7 Å². The number of aryl methyl sites for hydroxylation is 1. The number of amides is 1. The normalized spacial score (nSPS) is 18.8. The third kappa shape index (κ3) is 3.21. The highest BCUT2D eigenvalue weighted by Gasteiger charge is 2.30. The van der Waals surface area contributed by atoms with Crippen LogP contribution in [-0.4, -0.2) is 36.7 Å². The first kappa shape index (κ1) is 15.9. The molecule has 0 unspecified atom stereocenters. The standard InChI is InChI=1S/C18H23N3O2/c1-12-13-6-4-5-7-14(13)15(10-20-12)18(2,3)21-17(22)16-11-19-8-9-23-16/h4-7,10,16,19H,8-9,11H2,1-3H3,(H,21,22)/t16-/m0/s1. The van der Waals surface area contributed by atoms with Gasteiger partial charge in [0.2, 0.25) is 0 Å². The van der Waals surface area contributed by atoms with Crippen LogP contribution in [-0.2, 0) is 15.1 Å². The highest BCUT2D eigenvalue weighted by atomic mass is 16.5. The van der Waals surface area contributed by atoms with Gasteiger partial charge in [0.05, 0.1) is 12.1 Å². The Morgan fingerprint density at radius 3 is 2.78 bits per heavy atom. The highest BCUT2D eigenvalue weighted by Crippen LogP contribution is 2.29. The molecule has 5 heteroatoms. The maximum absolute atomic E-state index is 12.5. The van der Waals surface area contributed by atoms with Crippen LogP contribution >= 0.6 is 0 Å². The van der Waals surface area contributed by atoms with Crippen molar-refractivity contribution >= 4 is 16.7 Å². The molecule has 1 aromatic carbocycles. The lowest BCUT2D eigenvalue weighted by atomic mass is 9.90. The number of benzene rings is 1. The Morgan fingerprint density at radius 1 is 1.35 bits per heavy atom. The maximum Gasteiger partial charge on any atom is 0.251 e. The molecule has 0 bridgehead atoms. The van der Waals surface area contributed by atoms with Crippen molar-refractivity contribution < 1.29 is 9.53 Å². The molecule has 0 radical (unpaired) electrons. The predicted molar refractivity (Wildman–Crippen MR) is 90.3 cm³/mol. The molecule has 2 N–H and O–H groups in total. The number of hydrogen-bond donors (Lipinski definition) is 2. The molecule has 0 aliphatic carbocycles. The SMILES string of the molecule is Cc1ncc(C(C)(C)NC(=O)[C@@H]2CNCCO2)c2ccccc12. The summed E-state index contributed by atoms with van der Waals surface area (Å²) in [5.41, 5.74) is 1.47. The minimum Gasteiger partial charge on any atom is -0.366 e. The minimum absolute atomic E-state index is 0.0909. The highest BCUT2D eigenvalue weighted by molar-refractivity contribution is 5.89. The molecule has 0 saturated carbocycles. The van der Waals surface area contributed by atoms with Crippen LogP contribution in [0.1, 0.15) is 25.1 Å². The van der Waals surface area contributed by atoms with Crippen molar-refractivity contribution in [2.45, 2.75) is 32.4 Å². The summed E-state index contributed by atoms with van der Waals surface area (Å²) < 4.78 is 5.54. The van der Waals surface area contributed by atoms with Gasteiger partial charge in [-0.05, 0) is 26.2 Å². The van der Waals surface area contributed by atoms with Gasteiger partial charge in [-0.2, -0.15) is 0 Å². The van der Waals surface area contributed by atoms with E-state index < -0.39 is 11.6 Å². The van der Waals surface area contributed by atoms with Crippen molar-refractivity contribution in [3.05, 3.63) is 41.7 Å². The van der Waals surface area contributed by atoms with Crippen LogP contribution in [0.25, 0.3) is 10.8 Å². The molecule has 1 atom stereocenters. The van der Waals surface area contributed by atoms with Gasteiger partial charge >= 0.3 is 0 Å². The van der Waals surface area contributed by atoms with Crippen molar-refractivity contribution in [1.82, 2.24) is 15.6 Å². The molecule has 2 heterocycles. The van der Waals surface area contributed by atoms with Gasteiger partial charge in [-0.15, -0.1) is 0 Å². The number of aromatic nitrogens is 1. The van der Waals surface area contributed by atoms with Crippen LogP contribution in [0.3, 0.4) is 0 Å². The van der Waals surface area contributed by atoms with Gasteiger partial charge in [0.1, 0.15) is 6.10 Å². The quantitative estimate of drug-likeness (QED) is 0.908. The molecule has 1 aliphatic heterocycles. The molecule has 122 valence electrons.